The summed E-state index contributed by atoms with van der Waals surface area (Å²) in [5, 5.41) is 9.19. The molecule has 1 aromatic carbocycles. The molecule has 62 valence electrons. The second-order valence-electron chi connectivity index (χ2n) is 2.36. The molecular weight excluding hydrogens is 221 g/mol. The van der Waals surface area contributed by atoms with Crippen LogP contribution in [0.4, 0.5) is 4.39 Å². The Labute approximate surface area is 79.0 Å². The maximum atomic E-state index is 13.1. The Hall–Kier alpha value is -0.880. The van der Waals surface area contributed by atoms with E-state index in [0.29, 0.717) is 17.5 Å². The van der Waals surface area contributed by atoms with Crippen LogP contribution < -0.4 is 0 Å². The lowest BCUT2D eigenvalue weighted by Crippen LogP contribution is -1.91. The molecule has 0 atom stereocenters. The highest BCUT2D eigenvalue weighted by molar-refractivity contribution is 9.09. The van der Waals surface area contributed by atoms with Crippen molar-refractivity contribution in [3.05, 3.63) is 35.1 Å². The predicted octanol–water partition coefficient (Wildman–Crippen LogP) is 2.63. The minimum Gasteiger partial charge on any atom is -0.207 e. The Morgan fingerprint density at radius 3 is 2.75 bits per heavy atom. The molecule has 0 fully saturated rings. The normalized spacial score (nSPS) is 9.42. The first-order valence-corrected chi connectivity index (χ1v) is 4.64. The van der Waals surface area contributed by atoms with E-state index in [-0.39, 0.29) is 5.82 Å². The first-order valence-electron chi connectivity index (χ1n) is 3.52. The highest BCUT2D eigenvalue weighted by Gasteiger charge is 2.01. The van der Waals surface area contributed by atoms with E-state index in [1.807, 2.05) is 6.07 Å². The van der Waals surface area contributed by atoms with Gasteiger partial charge in [-0.3, -0.25) is 0 Å². The molecule has 12 heavy (non-hydrogen) atoms. The smallest absolute Gasteiger partial charge is 0.127 e. The lowest BCUT2D eigenvalue weighted by atomic mass is 10.1. The number of halogens is 2. The highest BCUT2D eigenvalue weighted by Crippen LogP contribution is 2.11. The van der Waals surface area contributed by atoms with Crippen molar-refractivity contribution in [2.75, 3.05) is 5.33 Å². The first kappa shape index (κ1) is 9.21. The van der Waals surface area contributed by atoms with Gasteiger partial charge >= 0.3 is 0 Å². The predicted molar refractivity (Wildman–Crippen MR) is 48.6 cm³/mol. The Balaban J connectivity index is 2.97. The molecule has 0 N–H and O–H groups in total. The van der Waals surface area contributed by atoms with Crippen LogP contribution in [0.1, 0.15) is 11.1 Å². The van der Waals surface area contributed by atoms with Crippen LogP contribution in [0.15, 0.2) is 18.2 Å². The molecule has 0 aliphatic carbocycles. The highest BCUT2D eigenvalue weighted by atomic mass is 79.9. The Kier molecular flexibility index (Phi) is 3.24. The molecule has 1 rings (SSSR count). The van der Waals surface area contributed by atoms with E-state index in [4.69, 9.17) is 5.26 Å². The molecule has 0 unspecified atom stereocenters. The van der Waals surface area contributed by atoms with Crippen molar-refractivity contribution in [3.63, 3.8) is 0 Å². The maximum absolute atomic E-state index is 13.1. The number of rotatable bonds is 2. The van der Waals surface area contributed by atoms with E-state index >= 15 is 0 Å². The first-order chi connectivity index (χ1) is 5.77. The molecule has 0 heterocycles. The zero-order valence-electron chi connectivity index (χ0n) is 6.35. The summed E-state index contributed by atoms with van der Waals surface area (Å²) in [6.07, 6.45) is 0.650. The summed E-state index contributed by atoms with van der Waals surface area (Å²) in [4.78, 5) is 0. The third kappa shape index (κ3) is 2.05. The lowest BCUT2D eigenvalue weighted by Gasteiger charge is -1.99. The molecular formula is C9H7BrFN. The summed E-state index contributed by atoms with van der Waals surface area (Å²) >= 11 is 3.22. The Morgan fingerprint density at radius 2 is 2.25 bits per heavy atom. The molecule has 0 aliphatic rings. The van der Waals surface area contributed by atoms with Gasteiger partial charge in [-0.05, 0) is 24.1 Å². The van der Waals surface area contributed by atoms with E-state index in [1.54, 1.807) is 12.1 Å². The van der Waals surface area contributed by atoms with Crippen LogP contribution in [0.5, 0.6) is 0 Å². The van der Waals surface area contributed by atoms with E-state index in [2.05, 4.69) is 15.9 Å². The quantitative estimate of drug-likeness (QED) is 0.713. The number of nitrogens with zero attached hydrogens (tertiary/aromatic N) is 1. The standard InChI is InChI=1S/C9H7BrFN/c10-4-3-8-2-1-7(6-12)5-9(8)11/h1-2,5H,3-4H2. The summed E-state index contributed by atoms with van der Waals surface area (Å²) in [5.74, 6) is -0.298. The topological polar surface area (TPSA) is 23.8 Å². The molecule has 0 aliphatic heterocycles. The molecule has 0 spiro atoms. The fourth-order valence-electron chi connectivity index (χ4n) is 0.921. The average molecular weight is 228 g/mol. The van der Waals surface area contributed by atoms with Crippen LogP contribution in [-0.2, 0) is 6.42 Å². The number of aryl methyl sites for hydroxylation is 1. The van der Waals surface area contributed by atoms with Crippen molar-refractivity contribution < 1.29 is 4.39 Å². The number of hydrogen-bond acceptors (Lipinski definition) is 1. The Bertz CT molecular complexity index is 317. The fourth-order valence-corrected chi connectivity index (χ4v) is 1.35. The van der Waals surface area contributed by atoms with Crippen molar-refractivity contribution in [2.24, 2.45) is 0 Å². The van der Waals surface area contributed by atoms with Gasteiger partial charge in [0.2, 0.25) is 0 Å². The van der Waals surface area contributed by atoms with Gasteiger partial charge in [0.15, 0.2) is 0 Å². The van der Waals surface area contributed by atoms with Crippen LogP contribution in [-0.4, -0.2) is 5.33 Å². The molecule has 0 bridgehead atoms. The van der Waals surface area contributed by atoms with Gasteiger partial charge in [-0.15, -0.1) is 0 Å². The van der Waals surface area contributed by atoms with Crippen LogP contribution in [0.3, 0.4) is 0 Å². The average Bonchev–Trinajstić information content (AvgIpc) is 2.09. The van der Waals surface area contributed by atoms with Crippen molar-refractivity contribution in [1.29, 1.82) is 5.26 Å². The van der Waals surface area contributed by atoms with Gasteiger partial charge in [0.25, 0.3) is 0 Å². The molecule has 1 aromatic rings. The van der Waals surface area contributed by atoms with Crippen LogP contribution in [0.25, 0.3) is 0 Å². The van der Waals surface area contributed by atoms with E-state index in [1.165, 1.54) is 6.07 Å². The van der Waals surface area contributed by atoms with Crippen LogP contribution in [0, 0.1) is 17.1 Å². The minimum absolute atomic E-state index is 0.298. The molecule has 0 aromatic heterocycles. The summed E-state index contributed by atoms with van der Waals surface area (Å²) in [7, 11) is 0. The monoisotopic (exact) mass is 227 g/mol. The molecule has 0 radical (unpaired) electrons. The molecule has 0 amide bonds. The van der Waals surface area contributed by atoms with E-state index in [9.17, 15) is 4.39 Å². The van der Waals surface area contributed by atoms with Crippen molar-refractivity contribution in [1.82, 2.24) is 0 Å². The third-order valence-corrected chi connectivity index (χ3v) is 1.94. The molecule has 1 nitrogen and oxygen atoms in total. The third-order valence-electron chi connectivity index (χ3n) is 1.55. The molecule has 0 saturated heterocycles. The molecule has 3 heteroatoms. The van der Waals surface area contributed by atoms with Gasteiger partial charge in [0.05, 0.1) is 11.6 Å². The van der Waals surface area contributed by atoms with Crippen LogP contribution in [0.2, 0.25) is 0 Å². The molecule has 0 saturated carbocycles. The number of nitriles is 1. The second kappa shape index (κ2) is 4.22. The van der Waals surface area contributed by atoms with Gasteiger partial charge in [-0.2, -0.15) is 5.26 Å². The number of hydrogen-bond donors (Lipinski definition) is 0. The fraction of sp³-hybridized carbons (Fsp3) is 0.222. The summed E-state index contributed by atoms with van der Waals surface area (Å²) in [6, 6.07) is 6.42. The minimum atomic E-state index is -0.298. The maximum Gasteiger partial charge on any atom is 0.127 e. The van der Waals surface area contributed by atoms with Crippen LogP contribution >= 0.6 is 15.9 Å². The van der Waals surface area contributed by atoms with E-state index < -0.39 is 0 Å². The zero-order chi connectivity index (χ0) is 8.97. The van der Waals surface area contributed by atoms with Crippen molar-refractivity contribution in [3.8, 4) is 6.07 Å². The number of alkyl halides is 1. The van der Waals surface area contributed by atoms with Gasteiger partial charge in [-0.25, -0.2) is 4.39 Å². The van der Waals surface area contributed by atoms with Gasteiger partial charge in [0.1, 0.15) is 5.82 Å². The van der Waals surface area contributed by atoms with Gasteiger partial charge in [-0.1, -0.05) is 22.0 Å². The summed E-state index contributed by atoms with van der Waals surface area (Å²) in [5.41, 5.74) is 1.01. The lowest BCUT2D eigenvalue weighted by molar-refractivity contribution is 0.612. The largest absolute Gasteiger partial charge is 0.207 e. The SMILES string of the molecule is N#Cc1ccc(CCBr)c(F)c1. The Morgan fingerprint density at radius 1 is 1.50 bits per heavy atom. The number of benzene rings is 1. The zero-order valence-corrected chi connectivity index (χ0v) is 7.94. The van der Waals surface area contributed by atoms with Crippen molar-refractivity contribution >= 4 is 15.9 Å². The van der Waals surface area contributed by atoms with E-state index in [0.717, 1.165) is 5.33 Å². The van der Waals surface area contributed by atoms with Crippen molar-refractivity contribution in [2.45, 2.75) is 6.42 Å². The van der Waals surface area contributed by atoms with Gasteiger partial charge in [0, 0.05) is 5.33 Å². The summed E-state index contributed by atoms with van der Waals surface area (Å²) in [6.45, 7) is 0. The summed E-state index contributed by atoms with van der Waals surface area (Å²) < 4.78 is 13.1. The van der Waals surface area contributed by atoms with Gasteiger partial charge < -0.3 is 0 Å². The second-order valence-corrected chi connectivity index (χ2v) is 3.15.